The van der Waals surface area contributed by atoms with Gasteiger partial charge in [-0.1, -0.05) is 6.07 Å². The summed E-state index contributed by atoms with van der Waals surface area (Å²) in [6.07, 6.45) is 2.78. The molecular weight excluding hydrogens is 254 g/mol. The van der Waals surface area contributed by atoms with Gasteiger partial charge >= 0.3 is 0 Å². The third-order valence-electron chi connectivity index (χ3n) is 2.49. The van der Waals surface area contributed by atoms with Crippen molar-refractivity contribution < 1.29 is 4.74 Å². The van der Waals surface area contributed by atoms with E-state index in [9.17, 15) is 0 Å². The van der Waals surface area contributed by atoms with E-state index in [1.807, 2.05) is 32.0 Å². The molecule has 1 aromatic carbocycles. The molecule has 1 aliphatic rings. The van der Waals surface area contributed by atoms with Crippen molar-refractivity contribution in [2.24, 2.45) is 5.73 Å². The second kappa shape index (κ2) is 3.80. The molecule has 1 fully saturated rings. The SMILES string of the molecule is CC(C)(N)c1ccc(OC2CC2)c(Br)c1. The van der Waals surface area contributed by atoms with Crippen molar-refractivity contribution in [1.29, 1.82) is 0 Å². The van der Waals surface area contributed by atoms with E-state index in [-0.39, 0.29) is 5.54 Å². The van der Waals surface area contributed by atoms with Gasteiger partial charge in [-0.15, -0.1) is 0 Å². The van der Waals surface area contributed by atoms with Gasteiger partial charge in [0.1, 0.15) is 5.75 Å². The normalized spacial score (nSPS) is 16.5. The van der Waals surface area contributed by atoms with Crippen LogP contribution in [0.1, 0.15) is 32.3 Å². The van der Waals surface area contributed by atoms with Gasteiger partial charge in [0.2, 0.25) is 0 Å². The average Bonchev–Trinajstić information content (AvgIpc) is 2.90. The van der Waals surface area contributed by atoms with Crippen LogP contribution >= 0.6 is 15.9 Å². The molecule has 2 nitrogen and oxygen atoms in total. The number of halogens is 1. The summed E-state index contributed by atoms with van der Waals surface area (Å²) in [4.78, 5) is 0. The van der Waals surface area contributed by atoms with Crippen LogP contribution in [-0.4, -0.2) is 6.10 Å². The Labute approximate surface area is 98.9 Å². The summed E-state index contributed by atoms with van der Waals surface area (Å²) < 4.78 is 6.73. The molecule has 0 radical (unpaired) electrons. The molecule has 1 aromatic rings. The lowest BCUT2D eigenvalue weighted by Crippen LogP contribution is -2.28. The van der Waals surface area contributed by atoms with Crippen LogP contribution in [0.2, 0.25) is 0 Å². The lowest BCUT2D eigenvalue weighted by molar-refractivity contribution is 0.301. The number of hydrogen-bond acceptors (Lipinski definition) is 2. The van der Waals surface area contributed by atoms with Crippen LogP contribution < -0.4 is 10.5 Å². The molecule has 0 heterocycles. The Morgan fingerprint density at radius 2 is 2.07 bits per heavy atom. The third kappa shape index (κ3) is 2.73. The van der Waals surface area contributed by atoms with Crippen LogP contribution in [0.25, 0.3) is 0 Å². The Hall–Kier alpha value is -0.540. The van der Waals surface area contributed by atoms with E-state index in [1.165, 1.54) is 12.8 Å². The van der Waals surface area contributed by atoms with Crippen molar-refractivity contribution in [1.82, 2.24) is 0 Å². The van der Waals surface area contributed by atoms with Gasteiger partial charge in [-0.05, 0) is 60.3 Å². The van der Waals surface area contributed by atoms with Crippen LogP contribution in [0.4, 0.5) is 0 Å². The molecule has 0 amide bonds. The first-order valence-electron chi connectivity index (χ1n) is 5.22. The molecule has 0 atom stereocenters. The molecular formula is C12H16BrNO. The van der Waals surface area contributed by atoms with Crippen LogP contribution in [0.3, 0.4) is 0 Å². The second-order valence-electron chi connectivity index (χ2n) is 4.68. The molecule has 3 heteroatoms. The van der Waals surface area contributed by atoms with Gasteiger partial charge in [0.15, 0.2) is 0 Å². The highest BCUT2D eigenvalue weighted by Gasteiger charge is 2.24. The van der Waals surface area contributed by atoms with E-state index in [4.69, 9.17) is 10.5 Å². The molecule has 2 N–H and O–H groups in total. The quantitative estimate of drug-likeness (QED) is 0.915. The van der Waals surface area contributed by atoms with E-state index in [2.05, 4.69) is 15.9 Å². The van der Waals surface area contributed by atoms with Crippen molar-refractivity contribution in [3.05, 3.63) is 28.2 Å². The molecule has 1 aliphatic carbocycles. The van der Waals surface area contributed by atoms with E-state index >= 15 is 0 Å². The summed E-state index contributed by atoms with van der Waals surface area (Å²) in [5.41, 5.74) is 6.83. The Balaban J connectivity index is 2.21. The maximum Gasteiger partial charge on any atom is 0.133 e. The Morgan fingerprint density at radius 1 is 1.40 bits per heavy atom. The summed E-state index contributed by atoms with van der Waals surface area (Å²) in [6, 6.07) is 6.06. The first-order chi connectivity index (χ1) is 6.97. The minimum absolute atomic E-state index is 0.305. The topological polar surface area (TPSA) is 35.2 Å². The zero-order valence-corrected chi connectivity index (χ0v) is 10.7. The van der Waals surface area contributed by atoms with E-state index in [1.54, 1.807) is 0 Å². The Morgan fingerprint density at radius 3 is 2.53 bits per heavy atom. The number of nitrogens with two attached hydrogens (primary N) is 1. The lowest BCUT2D eigenvalue weighted by atomic mass is 9.96. The van der Waals surface area contributed by atoms with Gasteiger partial charge in [-0.3, -0.25) is 0 Å². The van der Waals surface area contributed by atoms with Crippen molar-refractivity contribution in [3.63, 3.8) is 0 Å². The minimum atomic E-state index is -0.305. The largest absolute Gasteiger partial charge is 0.489 e. The fourth-order valence-corrected chi connectivity index (χ4v) is 1.83. The smallest absolute Gasteiger partial charge is 0.133 e. The minimum Gasteiger partial charge on any atom is -0.489 e. The summed E-state index contributed by atoms with van der Waals surface area (Å²) in [5, 5.41) is 0. The third-order valence-corrected chi connectivity index (χ3v) is 3.11. The maximum absolute atomic E-state index is 6.03. The zero-order valence-electron chi connectivity index (χ0n) is 9.09. The monoisotopic (exact) mass is 269 g/mol. The molecule has 1 saturated carbocycles. The van der Waals surface area contributed by atoms with Crippen molar-refractivity contribution in [2.75, 3.05) is 0 Å². The molecule has 0 aliphatic heterocycles. The Bertz CT molecular complexity index is 366. The average molecular weight is 270 g/mol. The van der Waals surface area contributed by atoms with E-state index in [0.717, 1.165) is 15.8 Å². The standard InChI is InChI=1S/C12H16BrNO/c1-12(2,14)8-3-6-11(10(13)7-8)15-9-4-5-9/h3,6-7,9H,4-5,14H2,1-2H3. The zero-order chi connectivity index (χ0) is 11.1. The Kier molecular flexibility index (Phi) is 2.77. The van der Waals surface area contributed by atoms with Gasteiger partial charge in [-0.2, -0.15) is 0 Å². The van der Waals surface area contributed by atoms with Crippen LogP contribution in [0.15, 0.2) is 22.7 Å². The molecule has 0 spiro atoms. The second-order valence-corrected chi connectivity index (χ2v) is 5.54. The molecule has 0 saturated heterocycles. The summed E-state index contributed by atoms with van der Waals surface area (Å²) in [6.45, 7) is 3.99. The highest BCUT2D eigenvalue weighted by atomic mass is 79.9. The highest BCUT2D eigenvalue weighted by Crippen LogP contribution is 2.34. The summed E-state index contributed by atoms with van der Waals surface area (Å²) in [5.74, 6) is 0.922. The fourth-order valence-electron chi connectivity index (χ4n) is 1.36. The van der Waals surface area contributed by atoms with E-state index in [0.29, 0.717) is 6.10 Å². The first-order valence-corrected chi connectivity index (χ1v) is 6.02. The van der Waals surface area contributed by atoms with Crippen LogP contribution in [-0.2, 0) is 5.54 Å². The fraction of sp³-hybridized carbons (Fsp3) is 0.500. The van der Waals surface area contributed by atoms with Gasteiger partial charge in [-0.25, -0.2) is 0 Å². The number of benzene rings is 1. The van der Waals surface area contributed by atoms with E-state index < -0.39 is 0 Å². The van der Waals surface area contributed by atoms with Crippen molar-refractivity contribution in [2.45, 2.75) is 38.3 Å². The number of hydrogen-bond donors (Lipinski definition) is 1. The van der Waals surface area contributed by atoms with Crippen LogP contribution in [0, 0.1) is 0 Å². The first kappa shape index (κ1) is 11.0. The molecule has 82 valence electrons. The maximum atomic E-state index is 6.03. The number of ether oxygens (including phenoxy) is 1. The predicted molar refractivity (Wildman–Crippen MR) is 65.0 cm³/mol. The van der Waals surface area contributed by atoms with Gasteiger partial charge < -0.3 is 10.5 Å². The highest BCUT2D eigenvalue weighted by molar-refractivity contribution is 9.10. The summed E-state index contributed by atoms with van der Waals surface area (Å²) >= 11 is 3.52. The van der Waals surface area contributed by atoms with Gasteiger partial charge in [0.05, 0.1) is 10.6 Å². The lowest BCUT2D eigenvalue weighted by Gasteiger charge is -2.20. The van der Waals surface area contributed by atoms with Gasteiger partial charge in [0.25, 0.3) is 0 Å². The van der Waals surface area contributed by atoms with Crippen molar-refractivity contribution >= 4 is 15.9 Å². The molecule has 2 rings (SSSR count). The number of rotatable bonds is 3. The molecule has 0 aromatic heterocycles. The van der Waals surface area contributed by atoms with Crippen molar-refractivity contribution in [3.8, 4) is 5.75 Å². The predicted octanol–water partition coefficient (Wildman–Crippen LogP) is 3.18. The molecule has 0 unspecified atom stereocenters. The van der Waals surface area contributed by atoms with Crippen LogP contribution in [0.5, 0.6) is 5.75 Å². The molecule has 15 heavy (non-hydrogen) atoms. The summed E-state index contributed by atoms with van der Waals surface area (Å²) in [7, 11) is 0. The molecule has 0 bridgehead atoms. The van der Waals surface area contributed by atoms with Gasteiger partial charge in [0, 0.05) is 5.54 Å².